The van der Waals surface area contributed by atoms with Gasteiger partial charge in [0.05, 0.1) is 24.5 Å². The summed E-state index contributed by atoms with van der Waals surface area (Å²) in [5.41, 5.74) is 1.77. The highest BCUT2D eigenvalue weighted by molar-refractivity contribution is 5.77. The number of aliphatic imine (C=N–C) groups is 2. The predicted octanol–water partition coefficient (Wildman–Crippen LogP) is 2.57. The molecule has 0 aliphatic carbocycles. The van der Waals surface area contributed by atoms with E-state index in [1.54, 1.807) is 12.4 Å². The fourth-order valence-corrected chi connectivity index (χ4v) is 2.31. The molecular formula is C20H22N6. The smallest absolute Gasteiger partial charge is 0.0807 e. The summed E-state index contributed by atoms with van der Waals surface area (Å²) < 4.78 is 0. The Labute approximate surface area is 154 Å². The van der Waals surface area contributed by atoms with Crippen molar-refractivity contribution in [1.29, 1.82) is 0 Å². The highest BCUT2D eigenvalue weighted by Crippen LogP contribution is 2.04. The standard InChI is InChI=1S/C20H22N6/c1-3-7-23-19(5-1)17-21-9-11-25-13-15-26(16-14-25)12-10-22-18-20-6-2-4-8-24-20/h1-8,13-18H,9-12H2. The number of hydrogen-bond donors (Lipinski definition) is 0. The van der Waals surface area contributed by atoms with Crippen molar-refractivity contribution >= 4 is 12.4 Å². The fraction of sp³-hybridized carbons (Fsp3) is 0.200. The first-order chi connectivity index (χ1) is 12.9. The Morgan fingerprint density at radius 2 is 1.15 bits per heavy atom. The van der Waals surface area contributed by atoms with Crippen molar-refractivity contribution in [2.24, 2.45) is 9.98 Å². The lowest BCUT2D eigenvalue weighted by Gasteiger charge is -2.23. The Morgan fingerprint density at radius 1 is 0.692 bits per heavy atom. The van der Waals surface area contributed by atoms with E-state index in [0.717, 1.165) is 37.6 Å². The van der Waals surface area contributed by atoms with Crippen molar-refractivity contribution in [3.63, 3.8) is 0 Å². The topological polar surface area (TPSA) is 57.0 Å². The summed E-state index contributed by atoms with van der Waals surface area (Å²) in [5.74, 6) is 0. The molecule has 1 aliphatic heterocycles. The van der Waals surface area contributed by atoms with E-state index in [1.165, 1.54) is 0 Å². The zero-order chi connectivity index (χ0) is 17.9. The lowest BCUT2D eigenvalue weighted by Crippen LogP contribution is -2.23. The molecule has 0 aromatic carbocycles. The van der Waals surface area contributed by atoms with Crippen molar-refractivity contribution in [3.05, 3.63) is 85.0 Å². The molecule has 0 unspecified atom stereocenters. The van der Waals surface area contributed by atoms with Gasteiger partial charge in [-0.05, 0) is 24.3 Å². The molecule has 0 amide bonds. The molecule has 0 fully saturated rings. The minimum atomic E-state index is 0.722. The van der Waals surface area contributed by atoms with E-state index < -0.39 is 0 Å². The van der Waals surface area contributed by atoms with Gasteiger partial charge in [-0.3, -0.25) is 20.0 Å². The Bertz CT molecular complexity index is 688. The molecule has 6 nitrogen and oxygen atoms in total. The van der Waals surface area contributed by atoms with E-state index in [1.807, 2.05) is 48.8 Å². The van der Waals surface area contributed by atoms with Crippen molar-refractivity contribution in [1.82, 2.24) is 19.8 Å². The van der Waals surface area contributed by atoms with Crippen LogP contribution in [0.1, 0.15) is 11.4 Å². The summed E-state index contributed by atoms with van der Waals surface area (Å²) in [6.07, 6.45) is 15.4. The minimum Gasteiger partial charge on any atom is -0.349 e. The van der Waals surface area contributed by atoms with Gasteiger partial charge in [0.25, 0.3) is 0 Å². The monoisotopic (exact) mass is 346 g/mol. The van der Waals surface area contributed by atoms with Crippen LogP contribution in [-0.4, -0.2) is 58.4 Å². The summed E-state index contributed by atoms with van der Waals surface area (Å²) in [4.78, 5) is 21.5. The number of nitrogens with zero attached hydrogens (tertiary/aromatic N) is 6. The second-order valence-corrected chi connectivity index (χ2v) is 5.65. The molecular weight excluding hydrogens is 324 g/mol. The number of aromatic nitrogens is 2. The molecule has 26 heavy (non-hydrogen) atoms. The Hall–Kier alpha value is -3.28. The predicted molar refractivity (Wildman–Crippen MR) is 105 cm³/mol. The largest absolute Gasteiger partial charge is 0.349 e. The Balaban J connectivity index is 1.34. The molecule has 6 heteroatoms. The molecule has 0 spiro atoms. The summed E-state index contributed by atoms with van der Waals surface area (Å²) in [6, 6.07) is 11.6. The second kappa shape index (κ2) is 9.88. The third-order valence-corrected chi connectivity index (χ3v) is 3.70. The third kappa shape index (κ3) is 5.98. The van der Waals surface area contributed by atoms with Crippen LogP contribution in [-0.2, 0) is 0 Å². The summed E-state index contributed by atoms with van der Waals surface area (Å²) in [6.45, 7) is 3.11. The normalized spacial score (nSPS) is 14.0. The molecule has 0 radical (unpaired) electrons. The van der Waals surface area contributed by atoms with E-state index >= 15 is 0 Å². The van der Waals surface area contributed by atoms with E-state index in [4.69, 9.17) is 0 Å². The molecule has 2 aromatic heterocycles. The van der Waals surface area contributed by atoms with Crippen LogP contribution in [0.15, 0.2) is 83.6 Å². The van der Waals surface area contributed by atoms with Gasteiger partial charge in [0, 0.05) is 62.7 Å². The average Bonchev–Trinajstić information content (AvgIpc) is 2.71. The number of pyridine rings is 2. The quantitative estimate of drug-likeness (QED) is 0.690. The first-order valence-corrected chi connectivity index (χ1v) is 8.60. The zero-order valence-electron chi connectivity index (χ0n) is 14.6. The lowest BCUT2D eigenvalue weighted by atomic mass is 10.4. The summed E-state index contributed by atoms with van der Waals surface area (Å²) >= 11 is 0. The molecule has 0 atom stereocenters. The van der Waals surface area contributed by atoms with E-state index in [9.17, 15) is 0 Å². The SMILES string of the molecule is C1=CN(CCN=Cc2ccccn2)C=CN1CCN=Cc1ccccn1. The molecule has 0 bridgehead atoms. The maximum absolute atomic E-state index is 4.41. The molecule has 0 saturated carbocycles. The van der Waals surface area contributed by atoms with Crippen molar-refractivity contribution in [2.45, 2.75) is 0 Å². The summed E-state index contributed by atoms with van der Waals surface area (Å²) in [5, 5.41) is 0. The van der Waals surface area contributed by atoms with Gasteiger partial charge in [0.2, 0.25) is 0 Å². The van der Waals surface area contributed by atoms with Crippen LogP contribution < -0.4 is 0 Å². The minimum absolute atomic E-state index is 0.722. The van der Waals surface area contributed by atoms with E-state index in [2.05, 4.69) is 54.6 Å². The molecule has 2 aromatic rings. The van der Waals surface area contributed by atoms with Gasteiger partial charge in [-0.25, -0.2) is 0 Å². The van der Waals surface area contributed by atoms with Crippen LogP contribution in [0, 0.1) is 0 Å². The second-order valence-electron chi connectivity index (χ2n) is 5.65. The van der Waals surface area contributed by atoms with Gasteiger partial charge in [-0.15, -0.1) is 0 Å². The highest BCUT2D eigenvalue weighted by atomic mass is 15.2. The van der Waals surface area contributed by atoms with Gasteiger partial charge in [0.15, 0.2) is 0 Å². The molecule has 0 N–H and O–H groups in total. The van der Waals surface area contributed by atoms with Crippen molar-refractivity contribution < 1.29 is 0 Å². The summed E-state index contributed by atoms with van der Waals surface area (Å²) in [7, 11) is 0. The van der Waals surface area contributed by atoms with Crippen LogP contribution in [0.4, 0.5) is 0 Å². The Morgan fingerprint density at radius 3 is 1.54 bits per heavy atom. The number of rotatable bonds is 8. The molecule has 1 aliphatic rings. The van der Waals surface area contributed by atoms with Crippen LogP contribution in [0.3, 0.4) is 0 Å². The van der Waals surface area contributed by atoms with Crippen LogP contribution in [0.2, 0.25) is 0 Å². The molecule has 132 valence electrons. The first kappa shape index (κ1) is 17.5. The molecule has 3 heterocycles. The van der Waals surface area contributed by atoms with Crippen LogP contribution in [0.25, 0.3) is 0 Å². The molecule has 3 rings (SSSR count). The van der Waals surface area contributed by atoms with Gasteiger partial charge in [-0.1, -0.05) is 12.1 Å². The van der Waals surface area contributed by atoms with Crippen LogP contribution >= 0.6 is 0 Å². The zero-order valence-corrected chi connectivity index (χ0v) is 14.6. The van der Waals surface area contributed by atoms with E-state index in [-0.39, 0.29) is 0 Å². The first-order valence-electron chi connectivity index (χ1n) is 8.60. The lowest BCUT2D eigenvalue weighted by molar-refractivity contribution is 0.431. The van der Waals surface area contributed by atoms with Gasteiger partial charge >= 0.3 is 0 Å². The maximum Gasteiger partial charge on any atom is 0.0807 e. The van der Waals surface area contributed by atoms with Gasteiger partial charge < -0.3 is 9.80 Å². The van der Waals surface area contributed by atoms with Gasteiger partial charge in [0.1, 0.15) is 0 Å². The average molecular weight is 346 g/mol. The third-order valence-electron chi connectivity index (χ3n) is 3.70. The van der Waals surface area contributed by atoms with Crippen molar-refractivity contribution in [2.75, 3.05) is 26.2 Å². The van der Waals surface area contributed by atoms with E-state index in [0.29, 0.717) is 0 Å². The van der Waals surface area contributed by atoms with Crippen LogP contribution in [0.5, 0.6) is 0 Å². The number of hydrogen-bond acceptors (Lipinski definition) is 6. The van der Waals surface area contributed by atoms with Gasteiger partial charge in [-0.2, -0.15) is 0 Å². The molecule has 0 saturated heterocycles. The highest BCUT2D eigenvalue weighted by Gasteiger charge is 2.02. The fourth-order valence-electron chi connectivity index (χ4n) is 2.31. The van der Waals surface area contributed by atoms with Crippen molar-refractivity contribution in [3.8, 4) is 0 Å². The maximum atomic E-state index is 4.41. The Kier molecular flexibility index (Phi) is 6.67.